The molecular formula is C14H11BrClFO. The van der Waals surface area contributed by atoms with Gasteiger partial charge in [-0.1, -0.05) is 23.7 Å². The van der Waals surface area contributed by atoms with Crippen LogP contribution in [0.15, 0.2) is 40.9 Å². The molecule has 0 saturated carbocycles. The van der Waals surface area contributed by atoms with Crippen molar-refractivity contribution in [3.63, 3.8) is 0 Å². The van der Waals surface area contributed by atoms with Crippen LogP contribution in [0.3, 0.4) is 0 Å². The van der Waals surface area contributed by atoms with Crippen molar-refractivity contribution in [2.45, 2.75) is 13.0 Å². The Bertz CT molecular complexity index is 586. The number of rotatable bonds is 2. The Balaban J connectivity index is 2.41. The Morgan fingerprint density at radius 3 is 2.56 bits per heavy atom. The largest absolute Gasteiger partial charge is 0.384 e. The van der Waals surface area contributed by atoms with Crippen LogP contribution >= 0.6 is 27.5 Å². The lowest BCUT2D eigenvalue weighted by Gasteiger charge is -2.15. The van der Waals surface area contributed by atoms with Crippen molar-refractivity contribution in [1.82, 2.24) is 0 Å². The van der Waals surface area contributed by atoms with Crippen LogP contribution in [0.25, 0.3) is 0 Å². The van der Waals surface area contributed by atoms with Gasteiger partial charge in [0.1, 0.15) is 11.9 Å². The lowest BCUT2D eigenvalue weighted by Crippen LogP contribution is -2.02. The Kier molecular flexibility index (Phi) is 4.05. The monoisotopic (exact) mass is 328 g/mol. The summed E-state index contributed by atoms with van der Waals surface area (Å²) >= 11 is 9.29. The lowest BCUT2D eigenvalue weighted by atomic mass is 9.97. The molecule has 0 aromatic heterocycles. The van der Waals surface area contributed by atoms with Crippen LogP contribution < -0.4 is 0 Å². The van der Waals surface area contributed by atoms with E-state index in [4.69, 9.17) is 11.6 Å². The molecule has 1 atom stereocenters. The highest BCUT2D eigenvalue weighted by atomic mass is 79.9. The highest BCUT2D eigenvalue weighted by molar-refractivity contribution is 9.10. The summed E-state index contributed by atoms with van der Waals surface area (Å²) in [4.78, 5) is 0. The normalized spacial score (nSPS) is 12.5. The van der Waals surface area contributed by atoms with E-state index >= 15 is 0 Å². The second-order valence-corrected chi connectivity index (χ2v) is 5.34. The van der Waals surface area contributed by atoms with Crippen LogP contribution in [0.4, 0.5) is 4.39 Å². The summed E-state index contributed by atoms with van der Waals surface area (Å²) in [6, 6.07) is 9.58. The maximum Gasteiger partial charge on any atom is 0.123 e. The van der Waals surface area contributed by atoms with Crippen LogP contribution in [0, 0.1) is 12.7 Å². The molecule has 18 heavy (non-hydrogen) atoms. The van der Waals surface area contributed by atoms with Crippen LogP contribution in [0.5, 0.6) is 0 Å². The van der Waals surface area contributed by atoms with E-state index in [1.165, 1.54) is 12.1 Å². The van der Waals surface area contributed by atoms with Crippen molar-refractivity contribution in [2.24, 2.45) is 0 Å². The minimum atomic E-state index is -0.809. The van der Waals surface area contributed by atoms with Crippen LogP contribution in [0.1, 0.15) is 22.8 Å². The molecular weight excluding hydrogens is 319 g/mol. The van der Waals surface area contributed by atoms with Gasteiger partial charge < -0.3 is 5.11 Å². The topological polar surface area (TPSA) is 20.2 Å². The number of hydrogen-bond donors (Lipinski definition) is 1. The van der Waals surface area contributed by atoms with Gasteiger partial charge in [0.15, 0.2) is 0 Å². The average Bonchev–Trinajstić information content (AvgIpc) is 2.32. The van der Waals surface area contributed by atoms with Crippen LogP contribution in [-0.4, -0.2) is 5.11 Å². The molecule has 4 heteroatoms. The summed E-state index contributed by atoms with van der Waals surface area (Å²) in [6.07, 6.45) is -0.809. The Morgan fingerprint density at radius 1 is 1.22 bits per heavy atom. The number of benzene rings is 2. The van der Waals surface area contributed by atoms with Gasteiger partial charge >= 0.3 is 0 Å². The first kappa shape index (κ1) is 13.5. The molecule has 1 N–H and O–H groups in total. The van der Waals surface area contributed by atoms with Gasteiger partial charge in [-0.05, 0) is 63.8 Å². The minimum absolute atomic E-state index is 0.308. The smallest absolute Gasteiger partial charge is 0.123 e. The standard InChI is InChI=1S/C14H11BrClFO/c1-8-6-10(17)3-4-11(8)14(18)9-2-5-12(15)13(16)7-9/h2-7,14,18H,1H3. The van der Waals surface area contributed by atoms with Crippen molar-refractivity contribution in [3.05, 3.63) is 68.4 Å². The number of hydrogen-bond acceptors (Lipinski definition) is 1. The molecule has 2 aromatic carbocycles. The minimum Gasteiger partial charge on any atom is -0.384 e. The number of aryl methyl sites for hydroxylation is 1. The fourth-order valence-electron chi connectivity index (χ4n) is 1.81. The van der Waals surface area contributed by atoms with Crippen molar-refractivity contribution < 1.29 is 9.50 Å². The zero-order valence-corrected chi connectivity index (χ0v) is 12.0. The molecule has 1 nitrogen and oxygen atoms in total. The lowest BCUT2D eigenvalue weighted by molar-refractivity contribution is 0.219. The average molecular weight is 330 g/mol. The summed E-state index contributed by atoms with van der Waals surface area (Å²) in [5, 5.41) is 10.8. The highest BCUT2D eigenvalue weighted by Gasteiger charge is 2.14. The third-order valence-corrected chi connectivity index (χ3v) is 4.02. The summed E-state index contributed by atoms with van der Waals surface area (Å²) in [5.41, 5.74) is 2.06. The van der Waals surface area contributed by atoms with Crippen LogP contribution in [-0.2, 0) is 0 Å². The zero-order chi connectivity index (χ0) is 13.3. The molecule has 0 bridgehead atoms. The van der Waals surface area contributed by atoms with E-state index in [1.54, 1.807) is 31.2 Å². The van der Waals surface area contributed by atoms with E-state index in [9.17, 15) is 9.50 Å². The fraction of sp³-hybridized carbons (Fsp3) is 0.143. The second kappa shape index (κ2) is 5.39. The quantitative estimate of drug-likeness (QED) is 0.851. The molecule has 2 rings (SSSR count). The van der Waals surface area contributed by atoms with Crippen LogP contribution in [0.2, 0.25) is 5.02 Å². The maximum absolute atomic E-state index is 13.0. The van der Waals surface area contributed by atoms with Gasteiger partial charge in [-0.15, -0.1) is 0 Å². The van der Waals surface area contributed by atoms with Gasteiger partial charge in [0, 0.05) is 4.47 Å². The summed E-state index contributed by atoms with van der Waals surface area (Å²) < 4.78 is 13.8. The Hall–Kier alpha value is -0.900. The van der Waals surface area contributed by atoms with Gasteiger partial charge in [-0.2, -0.15) is 0 Å². The Morgan fingerprint density at radius 2 is 1.94 bits per heavy atom. The van der Waals surface area contributed by atoms with Gasteiger partial charge in [0.05, 0.1) is 5.02 Å². The number of halogens is 3. The maximum atomic E-state index is 13.0. The predicted octanol–water partition coefficient (Wildman–Crippen LogP) is 4.63. The molecule has 2 aromatic rings. The number of aliphatic hydroxyl groups is 1. The summed E-state index contributed by atoms with van der Waals surface area (Å²) in [7, 11) is 0. The first-order valence-electron chi connectivity index (χ1n) is 5.38. The Labute approximate surface area is 118 Å². The fourth-order valence-corrected chi connectivity index (χ4v) is 2.24. The summed E-state index contributed by atoms with van der Waals surface area (Å²) in [5.74, 6) is -0.308. The first-order chi connectivity index (χ1) is 8.49. The number of aliphatic hydroxyl groups excluding tert-OH is 1. The highest BCUT2D eigenvalue weighted by Crippen LogP contribution is 2.30. The molecule has 0 fully saturated rings. The molecule has 0 aliphatic heterocycles. The van der Waals surface area contributed by atoms with E-state index in [2.05, 4.69) is 15.9 Å². The second-order valence-electron chi connectivity index (χ2n) is 4.08. The van der Waals surface area contributed by atoms with Gasteiger partial charge in [-0.3, -0.25) is 0 Å². The molecule has 0 aliphatic rings. The van der Waals surface area contributed by atoms with Crippen molar-refractivity contribution in [2.75, 3.05) is 0 Å². The predicted molar refractivity (Wildman–Crippen MR) is 74.4 cm³/mol. The molecule has 94 valence electrons. The van der Waals surface area contributed by atoms with E-state index in [-0.39, 0.29) is 5.82 Å². The van der Waals surface area contributed by atoms with E-state index in [0.29, 0.717) is 21.7 Å². The van der Waals surface area contributed by atoms with Crippen molar-refractivity contribution in [3.8, 4) is 0 Å². The third-order valence-electron chi connectivity index (χ3n) is 2.79. The van der Waals surface area contributed by atoms with E-state index in [1.807, 2.05) is 0 Å². The van der Waals surface area contributed by atoms with Gasteiger partial charge in [-0.25, -0.2) is 4.39 Å². The van der Waals surface area contributed by atoms with Gasteiger partial charge in [0.25, 0.3) is 0 Å². The summed E-state index contributed by atoms with van der Waals surface area (Å²) in [6.45, 7) is 1.77. The third kappa shape index (κ3) is 2.74. The molecule has 0 heterocycles. The van der Waals surface area contributed by atoms with Gasteiger partial charge in [0.2, 0.25) is 0 Å². The first-order valence-corrected chi connectivity index (χ1v) is 6.55. The molecule has 0 spiro atoms. The van der Waals surface area contributed by atoms with E-state index < -0.39 is 6.10 Å². The molecule has 0 aliphatic carbocycles. The van der Waals surface area contributed by atoms with Crippen molar-refractivity contribution in [1.29, 1.82) is 0 Å². The molecule has 0 amide bonds. The van der Waals surface area contributed by atoms with E-state index in [0.717, 1.165) is 4.47 Å². The molecule has 0 radical (unpaired) electrons. The SMILES string of the molecule is Cc1cc(F)ccc1C(O)c1ccc(Br)c(Cl)c1. The van der Waals surface area contributed by atoms with Crippen molar-refractivity contribution >= 4 is 27.5 Å². The molecule has 0 saturated heterocycles. The molecule has 1 unspecified atom stereocenters. The zero-order valence-electron chi connectivity index (χ0n) is 9.62.